The van der Waals surface area contributed by atoms with Gasteiger partial charge in [-0.2, -0.15) is 0 Å². The molecule has 1 aromatic heterocycles. The van der Waals surface area contributed by atoms with Gasteiger partial charge < -0.3 is 9.32 Å². The minimum atomic E-state index is 0.0225. The SMILES string of the molecule is CC(C)(C)C1=CC2C(=C2C(C)(C)C)C(c2cccc3cccc(-c4ccccc4N(c4ccc(-c5cccc6ccccc56)cc4)c4ccccc4-c4ccc5oc6ccccc6c5c4)c23)=C1. The van der Waals surface area contributed by atoms with Crippen LogP contribution in [0.2, 0.25) is 0 Å². The zero-order valence-corrected chi connectivity index (χ0v) is 39.1. The highest BCUT2D eigenvalue weighted by molar-refractivity contribution is 6.11. The molecule has 9 aromatic carbocycles. The number of furan rings is 1. The van der Waals surface area contributed by atoms with E-state index in [-0.39, 0.29) is 10.8 Å². The largest absolute Gasteiger partial charge is 0.456 e. The molecule has 1 unspecified atom stereocenters. The van der Waals surface area contributed by atoms with Crippen LogP contribution in [-0.4, -0.2) is 0 Å². The molecule has 1 atom stereocenters. The van der Waals surface area contributed by atoms with Crippen molar-refractivity contribution in [1.29, 1.82) is 0 Å². The molecule has 0 radical (unpaired) electrons. The van der Waals surface area contributed by atoms with E-state index >= 15 is 0 Å². The number of hydrogen-bond acceptors (Lipinski definition) is 2. The predicted octanol–water partition coefficient (Wildman–Crippen LogP) is 18.7. The van der Waals surface area contributed by atoms with E-state index in [9.17, 15) is 0 Å². The molecular formula is C65H53NO. The molecule has 0 aliphatic heterocycles. The zero-order valence-electron chi connectivity index (χ0n) is 39.1. The van der Waals surface area contributed by atoms with Gasteiger partial charge in [-0.25, -0.2) is 0 Å². The Hall–Kier alpha value is -7.68. The highest BCUT2D eigenvalue weighted by Gasteiger charge is 2.46. The average Bonchev–Trinajstić information content (AvgIpc) is 4.00. The van der Waals surface area contributed by atoms with Gasteiger partial charge in [0.15, 0.2) is 0 Å². The minimum Gasteiger partial charge on any atom is -0.456 e. The second-order valence-electron chi connectivity index (χ2n) is 20.4. The number of anilines is 3. The Morgan fingerprint density at radius 2 is 1.00 bits per heavy atom. The summed E-state index contributed by atoms with van der Waals surface area (Å²) in [6, 6.07) is 71.0. The number of rotatable bonds is 7. The molecule has 10 aromatic rings. The lowest BCUT2D eigenvalue weighted by Crippen LogP contribution is -2.12. The summed E-state index contributed by atoms with van der Waals surface area (Å²) in [5, 5.41) is 7.24. The first-order valence-electron chi connectivity index (χ1n) is 23.7. The fourth-order valence-corrected chi connectivity index (χ4v) is 10.9. The molecule has 67 heavy (non-hydrogen) atoms. The van der Waals surface area contributed by atoms with Gasteiger partial charge in [0.05, 0.1) is 11.4 Å². The molecule has 2 aliphatic carbocycles. The lowest BCUT2D eigenvalue weighted by Gasteiger charge is -2.30. The summed E-state index contributed by atoms with van der Waals surface area (Å²) in [5.41, 5.74) is 19.4. The summed E-state index contributed by atoms with van der Waals surface area (Å²) in [5.74, 6) is 0.382. The third kappa shape index (κ3) is 6.94. The third-order valence-corrected chi connectivity index (χ3v) is 14.1. The van der Waals surface area contributed by atoms with Crippen molar-refractivity contribution in [2.45, 2.75) is 41.5 Å². The van der Waals surface area contributed by atoms with Crippen LogP contribution in [0, 0.1) is 16.7 Å². The normalized spacial score (nSPS) is 15.0. The topological polar surface area (TPSA) is 16.4 Å². The van der Waals surface area contributed by atoms with Gasteiger partial charge in [0, 0.05) is 33.5 Å². The number of nitrogens with zero attached hydrogens (tertiary/aromatic N) is 1. The summed E-state index contributed by atoms with van der Waals surface area (Å²) in [6.07, 6.45) is 5.04. The first kappa shape index (κ1) is 40.8. The molecule has 1 heterocycles. The summed E-state index contributed by atoms with van der Waals surface area (Å²) in [6.45, 7) is 14.2. The van der Waals surface area contributed by atoms with Crippen LogP contribution in [0.15, 0.2) is 227 Å². The summed E-state index contributed by atoms with van der Waals surface area (Å²) < 4.78 is 6.32. The number of fused-ring (bicyclic) bond motifs is 6. The van der Waals surface area contributed by atoms with Gasteiger partial charge in [-0.05, 0) is 125 Å². The van der Waals surface area contributed by atoms with E-state index in [1.165, 1.54) is 66.1 Å². The lowest BCUT2D eigenvalue weighted by molar-refractivity contribution is 0.499. The summed E-state index contributed by atoms with van der Waals surface area (Å²) >= 11 is 0. The maximum absolute atomic E-state index is 6.32. The van der Waals surface area contributed by atoms with E-state index in [0.717, 1.165) is 50.1 Å². The monoisotopic (exact) mass is 863 g/mol. The van der Waals surface area contributed by atoms with E-state index in [2.05, 4.69) is 247 Å². The quantitative estimate of drug-likeness (QED) is 0.159. The molecule has 0 spiro atoms. The third-order valence-electron chi connectivity index (χ3n) is 14.1. The van der Waals surface area contributed by atoms with Crippen LogP contribution >= 0.6 is 0 Å². The Labute approximate surface area is 393 Å². The van der Waals surface area contributed by atoms with Crippen molar-refractivity contribution in [2.75, 3.05) is 4.90 Å². The second kappa shape index (κ2) is 15.5. The predicted molar refractivity (Wildman–Crippen MR) is 285 cm³/mol. The highest BCUT2D eigenvalue weighted by Crippen LogP contribution is 2.61. The Morgan fingerprint density at radius 1 is 0.433 bits per heavy atom. The molecule has 2 aliphatic rings. The van der Waals surface area contributed by atoms with E-state index in [1.807, 2.05) is 6.07 Å². The maximum atomic E-state index is 6.32. The van der Waals surface area contributed by atoms with Crippen LogP contribution in [-0.2, 0) is 0 Å². The van der Waals surface area contributed by atoms with Gasteiger partial charge >= 0.3 is 0 Å². The lowest BCUT2D eigenvalue weighted by atomic mass is 9.79. The molecule has 0 saturated carbocycles. The van der Waals surface area contributed by atoms with Crippen LogP contribution in [0.5, 0.6) is 0 Å². The average molecular weight is 864 g/mol. The van der Waals surface area contributed by atoms with Crippen molar-refractivity contribution in [3.05, 3.63) is 229 Å². The van der Waals surface area contributed by atoms with Gasteiger partial charge in [0.25, 0.3) is 0 Å². The van der Waals surface area contributed by atoms with Crippen LogP contribution in [0.1, 0.15) is 47.1 Å². The van der Waals surface area contributed by atoms with Crippen LogP contribution in [0.3, 0.4) is 0 Å². The fourth-order valence-electron chi connectivity index (χ4n) is 10.9. The van der Waals surface area contributed by atoms with E-state index in [0.29, 0.717) is 5.92 Å². The van der Waals surface area contributed by atoms with Crippen LogP contribution < -0.4 is 4.90 Å². The van der Waals surface area contributed by atoms with Gasteiger partial charge in [-0.15, -0.1) is 0 Å². The first-order valence-corrected chi connectivity index (χ1v) is 23.7. The zero-order chi connectivity index (χ0) is 45.6. The molecule has 12 rings (SSSR count). The van der Waals surface area contributed by atoms with Gasteiger partial charge in [-0.1, -0.05) is 205 Å². The molecule has 2 nitrogen and oxygen atoms in total. The Balaban J connectivity index is 1.08. The van der Waals surface area contributed by atoms with Crippen molar-refractivity contribution in [2.24, 2.45) is 16.7 Å². The van der Waals surface area contributed by atoms with Crippen molar-refractivity contribution in [3.63, 3.8) is 0 Å². The number of benzene rings is 9. The van der Waals surface area contributed by atoms with Crippen molar-refractivity contribution >= 4 is 66.1 Å². The van der Waals surface area contributed by atoms with Crippen LogP contribution in [0.25, 0.3) is 82.4 Å². The van der Waals surface area contributed by atoms with E-state index in [1.54, 1.807) is 5.57 Å². The summed E-state index contributed by atoms with van der Waals surface area (Å²) in [4.78, 5) is 2.48. The molecule has 2 heteroatoms. The minimum absolute atomic E-state index is 0.0225. The second-order valence-corrected chi connectivity index (χ2v) is 20.4. The Morgan fingerprint density at radius 3 is 1.75 bits per heavy atom. The Kier molecular flexibility index (Phi) is 9.42. The molecular weight excluding hydrogens is 811 g/mol. The van der Waals surface area contributed by atoms with Crippen molar-refractivity contribution in [3.8, 4) is 33.4 Å². The molecule has 0 amide bonds. The highest BCUT2D eigenvalue weighted by atomic mass is 16.3. The maximum Gasteiger partial charge on any atom is 0.135 e. The van der Waals surface area contributed by atoms with E-state index < -0.39 is 0 Å². The molecule has 0 N–H and O–H groups in total. The molecule has 324 valence electrons. The number of hydrogen-bond donors (Lipinski definition) is 0. The molecule has 0 bridgehead atoms. The standard InChI is InChI=1S/C65H53NO/c1-64(2,3)45-39-55(62-56(40-45)63(62)65(4,5)6)53-28-17-21-43-20-16-27-52(61(43)53)50-24-10-13-30-58(50)66(46-35-32-42(33-36-46)48-26-15-19-41-18-7-8-22-47(41)48)57-29-12-9-23-49(57)44-34-37-60-54(38-44)51-25-11-14-31-59(51)67-60/h7-40,56H,1-6H3. The Bertz CT molecular complexity index is 3700. The number of para-hydroxylation sites is 3. The van der Waals surface area contributed by atoms with Crippen molar-refractivity contribution < 1.29 is 4.42 Å². The molecule has 0 fully saturated rings. The molecule has 0 saturated heterocycles. The first-order chi connectivity index (χ1) is 32.5. The van der Waals surface area contributed by atoms with Gasteiger partial charge in [0.2, 0.25) is 0 Å². The smallest absolute Gasteiger partial charge is 0.135 e. The van der Waals surface area contributed by atoms with Gasteiger partial charge in [0.1, 0.15) is 11.2 Å². The fraction of sp³-hybridized carbons (Fsp3) is 0.138. The van der Waals surface area contributed by atoms with Crippen LogP contribution in [0.4, 0.5) is 17.1 Å². The van der Waals surface area contributed by atoms with E-state index in [4.69, 9.17) is 4.42 Å². The number of allylic oxidation sites excluding steroid dienone is 6. The van der Waals surface area contributed by atoms with Gasteiger partial charge in [-0.3, -0.25) is 0 Å². The van der Waals surface area contributed by atoms with Crippen molar-refractivity contribution in [1.82, 2.24) is 0 Å². The summed E-state index contributed by atoms with van der Waals surface area (Å²) in [7, 11) is 0.